The number of hydrogen-bond donors (Lipinski definition) is 25. The van der Waals surface area contributed by atoms with Crippen LogP contribution in [-0.4, -0.2) is 423 Å². The molecule has 0 aliphatic carbocycles. The van der Waals surface area contributed by atoms with E-state index in [0.717, 1.165) is 27.7 Å². The van der Waals surface area contributed by atoms with Gasteiger partial charge in [-0.1, -0.05) is 0 Å². The molecule has 8 saturated heterocycles. The second-order valence-corrected chi connectivity index (χ2v) is 25.3. The number of carbonyl (C=O) groups is 4. The molecule has 25 N–H and O–H groups in total. The van der Waals surface area contributed by atoms with E-state index in [-0.39, 0.29) is 0 Å². The van der Waals surface area contributed by atoms with E-state index in [0.29, 0.717) is 0 Å². The smallest absolute Gasteiger partial charge is 0.217 e. The zero-order valence-corrected chi connectivity index (χ0v) is 54.2. The van der Waals surface area contributed by atoms with Crippen LogP contribution in [0.4, 0.5) is 0 Å². The third kappa shape index (κ3) is 17.9. The first-order chi connectivity index (χ1) is 47.3. The molecule has 578 valence electrons. The Morgan fingerprint density at radius 2 is 0.540 bits per heavy atom. The highest BCUT2D eigenvalue weighted by atomic mass is 16.8. The molecule has 8 aliphatic rings. The number of nitrogens with one attached hydrogen (secondary N) is 4. The molecular formula is C56H94N4O40. The molecule has 8 heterocycles. The fraction of sp³-hybridized carbons (Fsp3) is 0.929. The van der Waals surface area contributed by atoms with Gasteiger partial charge < -0.3 is 200 Å². The summed E-state index contributed by atoms with van der Waals surface area (Å²) >= 11 is 0. The Morgan fingerprint density at radius 3 is 0.940 bits per heavy atom. The Morgan fingerprint density at radius 1 is 0.260 bits per heavy atom. The summed E-state index contributed by atoms with van der Waals surface area (Å²) in [5, 5.41) is 242. The van der Waals surface area contributed by atoms with Gasteiger partial charge in [-0.25, -0.2) is 0 Å². The van der Waals surface area contributed by atoms with E-state index in [9.17, 15) is 126 Å². The fourth-order valence-electron chi connectivity index (χ4n) is 13.0. The minimum absolute atomic E-state index is 0.739. The minimum atomic E-state index is -2.35. The number of aliphatic hydroxyl groups is 21. The molecule has 8 rings (SSSR count). The molecule has 0 radical (unpaired) electrons. The molecule has 4 amide bonds. The molecule has 0 bridgehead atoms. The van der Waals surface area contributed by atoms with Crippen LogP contribution in [-0.2, 0) is 90.2 Å². The lowest BCUT2D eigenvalue weighted by Crippen LogP contribution is -2.71. The molecule has 100 heavy (non-hydrogen) atoms. The van der Waals surface area contributed by atoms with E-state index in [4.69, 9.17) is 71.1 Å². The van der Waals surface area contributed by atoms with Crippen molar-refractivity contribution in [2.24, 2.45) is 0 Å². The maximum atomic E-state index is 13.1. The van der Waals surface area contributed by atoms with Crippen molar-refractivity contribution in [3.63, 3.8) is 0 Å². The molecule has 44 nitrogen and oxygen atoms in total. The van der Waals surface area contributed by atoms with Gasteiger partial charge in [0.25, 0.3) is 0 Å². The van der Waals surface area contributed by atoms with Gasteiger partial charge in [-0.2, -0.15) is 0 Å². The van der Waals surface area contributed by atoms with Crippen LogP contribution in [0, 0.1) is 0 Å². The number of hydrogen-bond acceptors (Lipinski definition) is 40. The molecule has 8 aliphatic heterocycles. The van der Waals surface area contributed by atoms with E-state index in [1.54, 1.807) is 0 Å². The molecule has 0 unspecified atom stereocenters. The lowest BCUT2D eigenvalue weighted by Gasteiger charge is -2.52. The van der Waals surface area contributed by atoms with Crippen molar-refractivity contribution in [1.29, 1.82) is 0 Å². The topological polar surface area (TPSA) is 680 Å². The third-order valence-electron chi connectivity index (χ3n) is 18.2. The van der Waals surface area contributed by atoms with Crippen molar-refractivity contribution >= 4 is 23.6 Å². The molecule has 40 atom stereocenters. The Balaban J connectivity index is 1.04. The predicted molar refractivity (Wildman–Crippen MR) is 309 cm³/mol. The van der Waals surface area contributed by atoms with E-state index in [1.165, 1.54) is 6.92 Å². The van der Waals surface area contributed by atoms with Crippen molar-refractivity contribution in [3.8, 4) is 0 Å². The summed E-state index contributed by atoms with van der Waals surface area (Å²) in [5.74, 6) is -3.42. The Labute approximate surface area is 567 Å². The molecule has 8 fully saturated rings. The molecule has 0 aromatic heterocycles. The monoisotopic (exact) mass is 1460 g/mol. The van der Waals surface area contributed by atoms with E-state index in [2.05, 4.69) is 21.3 Å². The number of ether oxygens (including phenoxy) is 15. The van der Waals surface area contributed by atoms with Gasteiger partial charge in [-0.3, -0.25) is 19.2 Å². The second-order valence-electron chi connectivity index (χ2n) is 25.3. The Hall–Kier alpha value is -3.56. The maximum Gasteiger partial charge on any atom is 0.217 e. The standard InChI is InChI=1S/C56H94N4O40/c1-13-29(72)38(81)39(82)53(86-13)100-48-47(99-50-26(58-15(3)69)34(77)30(73)18(6-61)88-50)33(76)21(9-64)91-56(48)96-44-24(12-67)93-52(28(37(44)80)60-17(5)71)98-46-32(75)20(8-63)90-55(41(46)84)95-43-23(11-66)92-51(27(36(43)79)59-16(4)70)97-45-31(74)19(7-62)89-54(40(45)83)94-42-22(10-65)87-49(85)25(35(42)78)57-14(2)68/h13,18-56,61-67,72-85H,6-12H2,1-5H3,(H,57,68)(H,58,69)(H,59,70)(H,60,71)/t13-,18+,19+,20+,21+,22+,23+,24+,25+,26+,27+,28+,29+,30-,31-,32-,33-,34+,35+,36+,37+,38+,39-,40+,41+,42+,43+,44+,45-,46-,47-,48+,49+,50+,51-,52-,53-,54-,55-,56-/m0/s1. The highest BCUT2D eigenvalue weighted by molar-refractivity contribution is 5.74. The van der Waals surface area contributed by atoms with Crippen LogP contribution in [0.1, 0.15) is 34.6 Å². The van der Waals surface area contributed by atoms with Gasteiger partial charge in [-0.15, -0.1) is 0 Å². The normalized spacial score (nSPS) is 48.7. The minimum Gasteiger partial charge on any atom is -0.394 e. The molecule has 0 saturated carbocycles. The maximum absolute atomic E-state index is 13.1. The van der Waals surface area contributed by atoms with E-state index < -0.39 is 315 Å². The highest BCUT2D eigenvalue weighted by Crippen LogP contribution is 2.40. The number of aliphatic hydroxyl groups excluding tert-OH is 21. The summed E-state index contributed by atoms with van der Waals surface area (Å²) in [6.45, 7) is -2.21. The molecular weight excluding hydrogens is 1370 g/mol. The fourth-order valence-corrected chi connectivity index (χ4v) is 13.0. The summed E-state index contributed by atoms with van der Waals surface area (Å²) in [6.07, 6.45) is -71.1. The zero-order valence-electron chi connectivity index (χ0n) is 54.2. The van der Waals surface area contributed by atoms with Gasteiger partial charge in [0.05, 0.1) is 52.4 Å². The first-order valence-electron chi connectivity index (χ1n) is 32.0. The summed E-state index contributed by atoms with van der Waals surface area (Å²) in [4.78, 5) is 50.3. The Kier molecular flexibility index (Phi) is 29.3. The largest absolute Gasteiger partial charge is 0.394 e. The van der Waals surface area contributed by atoms with Crippen LogP contribution in [0.2, 0.25) is 0 Å². The van der Waals surface area contributed by atoms with Gasteiger partial charge in [0.15, 0.2) is 50.3 Å². The third-order valence-corrected chi connectivity index (χ3v) is 18.2. The zero-order chi connectivity index (χ0) is 73.8. The first-order valence-corrected chi connectivity index (χ1v) is 32.0. The number of carbonyl (C=O) groups excluding carboxylic acids is 4. The predicted octanol–water partition coefficient (Wildman–Crippen LogP) is -16.8. The van der Waals surface area contributed by atoms with E-state index in [1.807, 2.05) is 0 Å². The van der Waals surface area contributed by atoms with Crippen molar-refractivity contribution in [3.05, 3.63) is 0 Å². The average Bonchev–Trinajstić information content (AvgIpc) is 0.765. The molecule has 44 heteroatoms. The van der Waals surface area contributed by atoms with Crippen LogP contribution < -0.4 is 21.3 Å². The molecule has 0 aromatic carbocycles. The quantitative estimate of drug-likeness (QED) is 0.0404. The van der Waals surface area contributed by atoms with Crippen molar-refractivity contribution in [1.82, 2.24) is 21.3 Å². The lowest BCUT2D eigenvalue weighted by atomic mass is 9.93. The Bertz CT molecular complexity index is 2620. The summed E-state index contributed by atoms with van der Waals surface area (Å²) < 4.78 is 88.6. The van der Waals surface area contributed by atoms with Gasteiger partial charge >= 0.3 is 0 Å². The number of amides is 4. The summed E-state index contributed by atoms with van der Waals surface area (Å²) in [6, 6.07) is -7.13. The average molecular weight is 1460 g/mol. The SMILES string of the molecule is CC(=O)N[C@@H]1[C@@H](O)[C@H](O[C@@H]2O[C@H](CO)[C@H](O)[C@H](O[C@@H]3O[C@H](CO)[C@@H](O[C@@H]4O[C@H](CO)[C@H](O)[C@H](O[C@@H]5O[C@H](CO)[C@@H](O[C@@H]6O[C@H](CO)[C@H](O)[C@H](O[C@H]7O[C@H](CO)[C@H](O)[C@H](O)[C@H]7NC(C)=O)[C@H]6O[C@@H]6O[C@@H](C)[C@@H](O)[C@@H](O)[C@@H]6O)[C@H](O)[C@H]5NC(C)=O)[C@H]4O)[C@H](O)[C@H]3NC(C)=O)[C@H]2O)[C@@H](CO)O[C@H]1O. The lowest BCUT2D eigenvalue weighted by molar-refractivity contribution is -0.402. The van der Waals surface area contributed by atoms with E-state index >= 15 is 0 Å². The summed E-state index contributed by atoms with van der Waals surface area (Å²) in [7, 11) is 0. The first kappa shape index (κ1) is 82.1. The van der Waals surface area contributed by atoms with Crippen LogP contribution in [0.3, 0.4) is 0 Å². The van der Waals surface area contributed by atoms with Gasteiger partial charge in [0.1, 0.15) is 189 Å². The summed E-state index contributed by atoms with van der Waals surface area (Å²) in [5.41, 5.74) is 0. The van der Waals surface area contributed by atoms with Crippen LogP contribution >= 0.6 is 0 Å². The van der Waals surface area contributed by atoms with Gasteiger partial charge in [0, 0.05) is 27.7 Å². The van der Waals surface area contributed by atoms with Crippen LogP contribution in [0.5, 0.6) is 0 Å². The second kappa shape index (κ2) is 35.7. The number of rotatable bonds is 25. The highest BCUT2D eigenvalue weighted by Gasteiger charge is 2.61. The van der Waals surface area contributed by atoms with Crippen LogP contribution in [0.25, 0.3) is 0 Å². The molecule has 0 aromatic rings. The van der Waals surface area contributed by atoms with Gasteiger partial charge in [0.2, 0.25) is 23.6 Å². The molecule has 0 spiro atoms. The van der Waals surface area contributed by atoms with Crippen molar-refractivity contribution < 1.29 is 197 Å². The van der Waals surface area contributed by atoms with Gasteiger partial charge in [-0.05, 0) is 6.92 Å². The van der Waals surface area contributed by atoms with Crippen molar-refractivity contribution in [2.75, 3.05) is 46.2 Å². The van der Waals surface area contributed by atoms with Crippen LogP contribution in [0.15, 0.2) is 0 Å². The van der Waals surface area contributed by atoms with Crippen molar-refractivity contribution in [2.45, 2.75) is 280 Å².